The molecule has 35 heavy (non-hydrogen) atoms. The molecule has 1 saturated heterocycles. The van der Waals surface area contributed by atoms with E-state index in [2.05, 4.69) is 17.0 Å². The normalized spacial score (nSPS) is 24.7. The van der Waals surface area contributed by atoms with Crippen molar-refractivity contribution in [1.29, 1.82) is 0 Å². The van der Waals surface area contributed by atoms with Crippen molar-refractivity contribution in [1.82, 2.24) is 0 Å². The summed E-state index contributed by atoms with van der Waals surface area (Å²) in [6.07, 6.45) is -5.10. The van der Waals surface area contributed by atoms with Gasteiger partial charge in [0, 0.05) is 32.0 Å². The summed E-state index contributed by atoms with van der Waals surface area (Å²) in [6.45, 7) is 4.25. The van der Waals surface area contributed by atoms with Crippen molar-refractivity contribution in [2.75, 3.05) is 20.8 Å². The SMILES string of the molecule is CCO[C@@H]1[C@@H](OC)[C@H](C)O[C@@H](ON=Cc2ccc(C#Cc3ccc(C(F)(F)F)cc3)cc2)[C@@H]1OC. The second-order valence-corrected chi connectivity index (χ2v) is 7.82. The lowest BCUT2D eigenvalue weighted by atomic mass is 9.99. The fraction of sp³-hybridized carbons (Fsp3) is 0.423. The third-order valence-corrected chi connectivity index (χ3v) is 5.47. The molecule has 0 spiro atoms. The molecule has 1 aliphatic rings. The minimum absolute atomic E-state index is 0.286. The lowest BCUT2D eigenvalue weighted by Crippen LogP contribution is -2.59. The molecule has 6 nitrogen and oxygen atoms in total. The van der Waals surface area contributed by atoms with Crippen molar-refractivity contribution in [2.45, 2.75) is 50.7 Å². The monoisotopic (exact) mass is 491 g/mol. The summed E-state index contributed by atoms with van der Waals surface area (Å²) < 4.78 is 60.7. The van der Waals surface area contributed by atoms with Crippen LogP contribution >= 0.6 is 0 Å². The lowest BCUT2D eigenvalue weighted by molar-refractivity contribution is -0.308. The number of oxime groups is 1. The number of ether oxygens (including phenoxy) is 4. The standard InChI is InChI=1S/C26H28F3NO5/c1-5-33-23-22(31-3)17(2)34-25(24(23)32-4)35-30-16-20-10-8-18(9-11-20)6-7-19-12-14-21(15-13-19)26(27,28)29/h8-17,22-25H,5H2,1-4H3/t17-,22-,23+,24+,25-/m0/s1. The van der Waals surface area contributed by atoms with Gasteiger partial charge < -0.3 is 23.8 Å². The second kappa shape index (κ2) is 12.2. The van der Waals surface area contributed by atoms with E-state index in [9.17, 15) is 13.2 Å². The number of methoxy groups -OCH3 is 2. The second-order valence-electron chi connectivity index (χ2n) is 7.82. The van der Waals surface area contributed by atoms with Gasteiger partial charge in [-0.1, -0.05) is 29.1 Å². The van der Waals surface area contributed by atoms with Crippen LogP contribution < -0.4 is 0 Å². The summed E-state index contributed by atoms with van der Waals surface area (Å²) in [7, 11) is 3.15. The van der Waals surface area contributed by atoms with E-state index < -0.39 is 24.1 Å². The third kappa shape index (κ3) is 7.05. The van der Waals surface area contributed by atoms with Gasteiger partial charge in [-0.25, -0.2) is 0 Å². The van der Waals surface area contributed by atoms with Crippen LogP contribution in [0.1, 0.15) is 36.1 Å². The average molecular weight is 492 g/mol. The summed E-state index contributed by atoms with van der Waals surface area (Å²) in [4.78, 5) is 5.58. The topological polar surface area (TPSA) is 58.5 Å². The summed E-state index contributed by atoms with van der Waals surface area (Å²) >= 11 is 0. The first-order valence-electron chi connectivity index (χ1n) is 11.1. The molecule has 0 unspecified atom stereocenters. The molecular weight excluding hydrogens is 463 g/mol. The van der Waals surface area contributed by atoms with E-state index in [0.717, 1.165) is 17.7 Å². The summed E-state index contributed by atoms with van der Waals surface area (Å²) in [5.41, 5.74) is 1.26. The Morgan fingerprint density at radius 1 is 0.914 bits per heavy atom. The Morgan fingerprint density at radius 2 is 1.49 bits per heavy atom. The zero-order valence-corrected chi connectivity index (χ0v) is 19.9. The summed E-state index contributed by atoms with van der Waals surface area (Å²) in [6, 6.07) is 11.9. The molecule has 2 aromatic carbocycles. The van der Waals surface area contributed by atoms with Gasteiger partial charge >= 0.3 is 6.18 Å². The van der Waals surface area contributed by atoms with Gasteiger partial charge in [-0.05, 0) is 55.8 Å². The van der Waals surface area contributed by atoms with Gasteiger partial charge in [0.15, 0.2) is 6.10 Å². The van der Waals surface area contributed by atoms with Crippen LogP contribution in [0.5, 0.6) is 0 Å². The molecule has 1 heterocycles. The van der Waals surface area contributed by atoms with Crippen molar-refractivity contribution >= 4 is 6.21 Å². The largest absolute Gasteiger partial charge is 0.416 e. The van der Waals surface area contributed by atoms with Crippen LogP contribution in [0.4, 0.5) is 13.2 Å². The first kappa shape index (κ1) is 26.7. The average Bonchev–Trinajstić information content (AvgIpc) is 2.83. The predicted molar refractivity (Wildman–Crippen MR) is 124 cm³/mol. The Hall–Kier alpha value is -2.90. The van der Waals surface area contributed by atoms with Crippen LogP contribution in [0.2, 0.25) is 0 Å². The maximum absolute atomic E-state index is 12.7. The molecular formula is C26H28F3NO5. The summed E-state index contributed by atoms with van der Waals surface area (Å²) in [5, 5.41) is 4.04. The minimum atomic E-state index is -4.36. The number of hydrogen-bond acceptors (Lipinski definition) is 6. The molecule has 188 valence electrons. The van der Waals surface area contributed by atoms with Crippen LogP contribution in [0, 0.1) is 11.8 Å². The predicted octanol–water partition coefficient (Wildman–Crippen LogP) is 4.64. The van der Waals surface area contributed by atoms with Gasteiger partial charge in [0.2, 0.25) is 0 Å². The highest BCUT2D eigenvalue weighted by Crippen LogP contribution is 2.29. The molecule has 0 amide bonds. The third-order valence-electron chi connectivity index (χ3n) is 5.47. The van der Waals surface area contributed by atoms with Crippen LogP contribution in [-0.4, -0.2) is 57.7 Å². The molecule has 3 rings (SSSR count). The lowest BCUT2D eigenvalue weighted by Gasteiger charge is -2.42. The Balaban J connectivity index is 1.61. The Kier molecular flexibility index (Phi) is 9.29. The molecule has 1 aliphatic heterocycles. The molecule has 0 aromatic heterocycles. The number of nitrogens with zero attached hydrogens (tertiary/aromatic N) is 1. The zero-order valence-electron chi connectivity index (χ0n) is 19.9. The van der Waals surface area contributed by atoms with Crippen molar-refractivity contribution in [3.63, 3.8) is 0 Å². The minimum Gasteiger partial charge on any atom is -0.376 e. The van der Waals surface area contributed by atoms with E-state index in [1.807, 2.05) is 13.8 Å². The quantitative estimate of drug-likeness (QED) is 0.321. The summed E-state index contributed by atoms with van der Waals surface area (Å²) in [5.74, 6) is 5.78. The van der Waals surface area contributed by atoms with E-state index in [0.29, 0.717) is 17.7 Å². The van der Waals surface area contributed by atoms with Crippen LogP contribution in [0.25, 0.3) is 0 Å². The highest BCUT2D eigenvalue weighted by molar-refractivity contribution is 5.79. The van der Waals surface area contributed by atoms with Crippen molar-refractivity contribution in [2.24, 2.45) is 5.16 Å². The van der Waals surface area contributed by atoms with Gasteiger partial charge in [-0.3, -0.25) is 0 Å². The van der Waals surface area contributed by atoms with Gasteiger partial charge in [-0.15, -0.1) is 0 Å². The fourth-order valence-electron chi connectivity index (χ4n) is 3.70. The Morgan fingerprint density at radius 3 is 2.00 bits per heavy atom. The van der Waals surface area contributed by atoms with E-state index >= 15 is 0 Å². The first-order valence-corrected chi connectivity index (χ1v) is 11.1. The fourth-order valence-corrected chi connectivity index (χ4v) is 3.70. The van der Waals surface area contributed by atoms with Gasteiger partial charge in [0.25, 0.3) is 6.29 Å². The Bertz CT molecular complexity index is 1030. The number of rotatable bonds is 7. The molecule has 1 fully saturated rings. The molecule has 0 radical (unpaired) electrons. The van der Waals surface area contributed by atoms with Crippen LogP contribution in [0.15, 0.2) is 53.7 Å². The van der Waals surface area contributed by atoms with E-state index in [4.69, 9.17) is 23.8 Å². The maximum Gasteiger partial charge on any atom is 0.416 e. The highest BCUT2D eigenvalue weighted by atomic mass is 19.4. The van der Waals surface area contributed by atoms with Crippen molar-refractivity contribution in [3.8, 4) is 11.8 Å². The maximum atomic E-state index is 12.7. The highest BCUT2D eigenvalue weighted by Gasteiger charge is 2.47. The van der Waals surface area contributed by atoms with Crippen LogP contribution in [-0.2, 0) is 30.0 Å². The van der Waals surface area contributed by atoms with E-state index in [-0.39, 0.29) is 18.3 Å². The number of hydrogen-bond donors (Lipinski definition) is 0. The van der Waals surface area contributed by atoms with Gasteiger partial charge in [0.1, 0.15) is 12.2 Å². The molecule has 0 N–H and O–H groups in total. The molecule has 9 heteroatoms. The smallest absolute Gasteiger partial charge is 0.376 e. The molecule has 0 saturated carbocycles. The van der Waals surface area contributed by atoms with Gasteiger partial charge in [0.05, 0.1) is 17.9 Å². The van der Waals surface area contributed by atoms with E-state index in [1.165, 1.54) is 18.3 Å². The van der Waals surface area contributed by atoms with Crippen molar-refractivity contribution in [3.05, 3.63) is 70.8 Å². The molecule has 0 bridgehead atoms. The van der Waals surface area contributed by atoms with Crippen molar-refractivity contribution < 1.29 is 37.0 Å². The van der Waals surface area contributed by atoms with Gasteiger partial charge in [-0.2, -0.15) is 13.2 Å². The van der Waals surface area contributed by atoms with Crippen LogP contribution in [0.3, 0.4) is 0 Å². The number of alkyl halides is 3. The number of halogens is 3. The number of benzene rings is 2. The molecule has 2 aromatic rings. The Labute approximate surface area is 203 Å². The molecule has 5 atom stereocenters. The van der Waals surface area contributed by atoms with E-state index in [1.54, 1.807) is 38.5 Å². The zero-order chi connectivity index (χ0) is 25.4. The molecule has 0 aliphatic carbocycles. The first-order chi connectivity index (χ1) is 16.8.